The fourth-order valence-electron chi connectivity index (χ4n) is 2.80. The number of rotatable bonds is 5. The summed E-state index contributed by atoms with van der Waals surface area (Å²) in [5, 5.41) is 20.9. The van der Waals surface area contributed by atoms with Gasteiger partial charge in [-0.3, -0.25) is 4.79 Å². The van der Waals surface area contributed by atoms with Crippen molar-refractivity contribution in [2.45, 2.75) is 37.8 Å². The number of nitrogens with zero attached hydrogens (tertiary/aromatic N) is 3. The second-order valence-corrected chi connectivity index (χ2v) is 5.90. The number of hydrogen-bond donors (Lipinski definition) is 2. The molecule has 1 aliphatic carbocycles. The van der Waals surface area contributed by atoms with Gasteiger partial charge in [0.15, 0.2) is 5.69 Å². The SMILES string of the molecule is O=C(NCC1(O)CCCC1)c1cn(Cc2ccccc2)nn1. The Morgan fingerprint density at radius 1 is 1.27 bits per heavy atom. The van der Waals surface area contributed by atoms with E-state index in [0.717, 1.165) is 31.2 Å². The van der Waals surface area contributed by atoms with Crippen molar-refractivity contribution < 1.29 is 9.90 Å². The van der Waals surface area contributed by atoms with Gasteiger partial charge in [0.25, 0.3) is 5.91 Å². The van der Waals surface area contributed by atoms with Crippen molar-refractivity contribution >= 4 is 5.91 Å². The highest BCUT2D eigenvalue weighted by molar-refractivity contribution is 5.91. The van der Waals surface area contributed by atoms with Crippen LogP contribution in [0.4, 0.5) is 0 Å². The van der Waals surface area contributed by atoms with Gasteiger partial charge >= 0.3 is 0 Å². The lowest BCUT2D eigenvalue weighted by atomic mass is 10.0. The zero-order valence-corrected chi connectivity index (χ0v) is 12.4. The maximum atomic E-state index is 12.1. The van der Waals surface area contributed by atoms with Crippen LogP contribution in [0.15, 0.2) is 36.5 Å². The summed E-state index contributed by atoms with van der Waals surface area (Å²) in [4.78, 5) is 12.1. The Morgan fingerprint density at radius 2 is 2.00 bits per heavy atom. The molecule has 1 aromatic carbocycles. The molecule has 1 fully saturated rings. The first kappa shape index (κ1) is 14.7. The Kier molecular flexibility index (Phi) is 4.20. The number of aliphatic hydroxyl groups is 1. The van der Waals surface area contributed by atoms with Crippen LogP contribution >= 0.6 is 0 Å². The molecule has 0 saturated heterocycles. The van der Waals surface area contributed by atoms with Crippen LogP contribution < -0.4 is 5.32 Å². The van der Waals surface area contributed by atoms with Gasteiger partial charge in [-0.15, -0.1) is 5.10 Å². The molecule has 2 aromatic rings. The first-order valence-electron chi connectivity index (χ1n) is 7.59. The van der Waals surface area contributed by atoms with Crippen molar-refractivity contribution in [3.63, 3.8) is 0 Å². The standard InChI is InChI=1S/C16H20N4O2/c21-15(17-12-16(22)8-4-5-9-16)14-11-20(19-18-14)10-13-6-2-1-3-7-13/h1-3,6-7,11,22H,4-5,8-10,12H2,(H,17,21). The molecule has 22 heavy (non-hydrogen) atoms. The molecule has 2 N–H and O–H groups in total. The molecule has 3 rings (SSSR count). The number of carbonyl (C=O) groups excluding carboxylic acids is 1. The van der Waals surface area contributed by atoms with Crippen molar-refractivity contribution in [3.05, 3.63) is 47.8 Å². The van der Waals surface area contributed by atoms with Crippen molar-refractivity contribution in [3.8, 4) is 0 Å². The average Bonchev–Trinajstić information content (AvgIpc) is 3.16. The zero-order chi connectivity index (χ0) is 15.4. The maximum Gasteiger partial charge on any atom is 0.273 e. The second-order valence-electron chi connectivity index (χ2n) is 5.90. The molecule has 1 saturated carbocycles. The predicted octanol–water partition coefficient (Wildman–Crippen LogP) is 1.36. The van der Waals surface area contributed by atoms with E-state index < -0.39 is 5.60 Å². The van der Waals surface area contributed by atoms with Crippen LogP contribution in [0.1, 0.15) is 41.7 Å². The van der Waals surface area contributed by atoms with E-state index in [1.54, 1.807) is 10.9 Å². The summed E-state index contributed by atoms with van der Waals surface area (Å²) in [6.45, 7) is 0.850. The van der Waals surface area contributed by atoms with Crippen LogP contribution in [-0.2, 0) is 6.54 Å². The van der Waals surface area contributed by atoms with E-state index in [-0.39, 0.29) is 18.1 Å². The van der Waals surface area contributed by atoms with Gasteiger partial charge in [-0.1, -0.05) is 48.4 Å². The van der Waals surface area contributed by atoms with Gasteiger partial charge < -0.3 is 10.4 Å². The summed E-state index contributed by atoms with van der Waals surface area (Å²) < 4.78 is 1.63. The summed E-state index contributed by atoms with van der Waals surface area (Å²) >= 11 is 0. The molecule has 0 atom stereocenters. The fourth-order valence-corrected chi connectivity index (χ4v) is 2.80. The molecule has 0 bridgehead atoms. The van der Waals surface area contributed by atoms with Crippen molar-refractivity contribution in [1.82, 2.24) is 20.3 Å². The Balaban J connectivity index is 1.57. The minimum absolute atomic E-state index is 0.275. The number of aromatic nitrogens is 3. The lowest BCUT2D eigenvalue weighted by Crippen LogP contribution is -2.40. The molecule has 116 valence electrons. The van der Waals surface area contributed by atoms with Crippen LogP contribution in [0.5, 0.6) is 0 Å². The summed E-state index contributed by atoms with van der Waals surface area (Å²) in [6, 6.07) is 9.87. The van der Waals surface area contributed by atoms with Crippen LogP contribution in [0.25, 0.3) is 0 Å². The second kappa shape index (κ2) is 6.27. The minimum Gasteiger partial charge on any atom is -0.388 e. The van der Waals surface area contributed by atoms with E-state index >= 15 is 0 Å². The molecule has 1 amide bonds. The Hall–Kier alpha value is -2.21. The van der Waals surface area contributed by atoms with Gasteiger partial charge in [0, 0.05) is 6.54 Å². The van der Waals surface area contributed by atoms with Gasteiger partial charge in [0.2, 0.25) is 0 Å². The first-order chi connectivity index (χ1) is 10.6. The first-order valence-corrected chi connectivity index (χ1v) is 7.59. The molecule has 1 heterocycles. The number of benzene rings is 1. The highest BCUT2D eigenvalue weighted by atomic mass is 16.3. The Labute approximate surface area is 129 Å². The van der Waals surface area contributed by atoms with E-state index in [1.165, 1.54) is 0 Å². The number of hydrogen-bond acceptors (Lipinski definition) is 4. The van der Waals surface area contributed by atoms with Crippen molar-refractivity contribution in [1.29, 1.82) is 0 Å². The molecule has 6 heteroatoms. The topological polar surface area (TPSA) is 80.0 Å². The van der Waals surface area contributed by atoms with Crippen molar-refractivity contribution in [2.75, 3.05) is 6.54 Å². The largest absolute Gasteiger partial charge is 0.388 e. The van der Waals surface area contributed by atoms with Crippen molar-refractivity contribution in [2.24, 2.45) is 0 Å². The Morgan fingerprint density at radius 3 is 2.73 bits per heavy atom. The predicted molar refractivity (Wildman–Crippen MR) is 81.3 cm³/mol. The summed E-state index contributed by atoms with van der Waals surface area (Å²) in [6.07, 6.45) is 5.14. The lowest BCUT2D eigenvalue weighted by Gasteiger charge is -2.21. The summed E-state index contributed by atoms with van der Waals surface area (Å²) in [5.41, 5.74) is 0.618. The van der Waals surface area contributed by atoms with Gasteiger partial charge in [-0.25, -0.2) is 4.68 Å². The van der Waals surface area contributed by atoms with E-state index in [0.29, 0.717) is 6.54 Å². The highest BCUT2D eigenvalue weighted by Gasteiger charge is 2.31. The number of carbonyl (C=O) groups is 1. The number of amides is 1. The van der Waals surface area contributed by atoms with E-state index in [9.17, 15) is 9.90 Å². The van der Waals surface area contributed by atoms with Crippen LogP contribution in [0, 0.1) is 0 Å². The number of nitrogens with one attached hydrogen (secondary N) is 1. The molecule has 0 spiro atoms. The quantitative estimate of drug-likeness (QED) is 0.874. The summed E-state index contributed by atoms with van der Waals surface area (Å²) in [7, 11) is 0. The molecular weight excluding hydrogens is 280 g/mol. The lowest BCUT2D eigenvalue weighted by molar-refractivity contribution is 0.0448. The fraction of sp³-hybridized carbons (Fsp3) is 0.438. The zero-order valence-electron chi connectivity index (χ0n) is 12.4. The van der Waals surface area contributed by atoms with Crippen LogP contribution in [0.2, 0.25) is 0 Å². The third-order valence-corrected chi connectivity index (χ3v) is 4.07. The maximum absolute atomic E-state index is 12.1. The highest BCUT2D eigenvalue weighted by Crippen LogP contribution is 2.28. The normalized spacial score (nSPS) is 16.6. The third kappa shape index (κ3) is 3.51. The van der Waals surface area contributed by atoms with Crippen LogP contribution in [0.3, 0.4) is 0 Å². The monoisotopic (exact) mass is 300 g/mol. The molecule has 1 aromatic heterocycles. The van der Waals surface area contributed by atoms with E-state index in [4.69, 9.17) is 0 Å². The van der Waals surface area contributed by atoms with Crippen LogP contribution in [-0.4, -0.2) is 38.2 Å². The van der Waals surface area contributed by atoms with E-state index in [1.807, 2.05) is 30.3 Å². The average molecular weight is 300 g/mol. The van der Waals surface area contributed by atoms with Gasteiger partial charge in [-0.05, 0) is 18.4 Å². The molecule has 0 aliphatic heterocycles. The van der Waals surface area contributed by atoms with Gasteiger partial charge in [0.1, 0.15) is 0 Å². The molecule has 0 unspecified atom stereocenters. The molecule has 6 nitrogen and oxygen atoms in total. The Bertz CT molecular complexity index is 633. The smallest absolute Gasteiger partial charge is 0.273 e. The minimum atomic E-state index is -0.754. The molecular formula is C16H20N4O2. The third-order valence-electron chi connectivity index (χ3n) is 4.07. The van der Waals surface area contributed by atoms with Gasteiger partial charge in [0.05, 0.1) is 18.3 Å². The molecule has 1 aliphatic rings. The van der Waals surface area contributed by atoms with Gasteiger partial charge in [-0.2, -0.15) is 0 Å². The molecule has 0 radical (unpaired) electrons. The van der Waals surface area contributed by atoms with E-state index in [2.05, 4.69) is 15.6 Å². The summed E-state index contributed by atoms with van der Waals surface area (Å²) in [5.74, 6) is -0.292.